The summed E-state index contributed by atoms with van der Waals surface area (Å²) in [6.45, 7) is 2.99. The third-order valence-corrected chi connectivity index (χ3v) is 2.33. The van der Waals surface area contributed by atoms with E-state index in [4.69, 9.17) is 4.74 Å². The van der Waals surface area contributed by atoms with Crippen molar-refractivity contribution in [3.63, 3.8) is 0 Å². The molecule has 0 saturated heterocycles. The maximum absolute atomic E-state index is 11.2. The van der Waals surface area contributed by atoms with Crippen LogP contribution < -0.4 is 5.32 Å². The molecule has 5 heteroatoms. The quantitative estimate of drug-likeness (QED) is 0.689. The number of carbonyl (C=O) groups is 1. The van der Waals surface area contributed by atoms with E-state index in [1.54, 1.807) is 6.20 Å². The lowest BCUT2D eigenvalue weighted by Gasteiger charge is -2.09. The Morgan fingerprint density at radius 3 is 3.43 bits per heavy atom. The number of hydrogen-bond acceptors (Lipinski definition) is 4. The molecule has 0 radical (unpaired) electrons. The largest absolute Gasteiger partial charge is 0.466 e. The Kier molecular flexibility index (Phi) is 2.49. The Balaban J connectivity index is 1.98. The van der Waals surface area contributed by atoms with Crippen molar-refractivity contribution in [1.29, 1.82) is 0 Å². The van der Waals surface area contributed by atoms with E-state index in [1.807, 2.05) is 6.92 Å². The molecule has 14 heavy (non-hydrogen) atoms. The number of fused-ring (bicyclic) bond motifs is 1. The number of rotatable bonds is 3. The van der Waals surface area contributed by atoms with Crippen LogP contribution in [0.4, 0.5) is 0 Å². The summed E-state index contributed by atoms with van der Waals surface area (Å²) < 4.78 is 4.89. The molecule has 5 nitrogen and oxygen atoms in total. The molecule has 2 rings (SSSR count). The van der Waals surface area contributed by atoms with Crippen LogP contribution in [-0.4, -0.2) is 22.8 Å². The minimum atomic E-state index is -0.168. The van der Waals surface area contributed by atoms with E-state index in [-0.39, 0.29) is 12.0 Å². The van der Waals surface area contributed by atoms with Gasteiger partial charge in [-0.1, -0.05) is 0 Å². The minimum absolute atomic E-state index is 0.0581. The van der Waals surface area contributed by atoms with Crippen molar-refractivity contribution in [1.82, 2.24) is 15.5 Å². The average molecular weight is 195 g/mol. The standard InChI is InChI=1S/C9H13N3O2/c1-2-14-9(13)3-7-6-4-11-12-8(6)5-10-7/h4,7,10H,2-3,5H2,1H3,(H,11,12). The molecule has 2 heterocycles. The Morgan fingerprint density at radius 2 is 2.64 bits per heavy atom. The van der Waals surface area contributed by atoms with E-state index in [0.717, 1.165) is 17.8 Å². The summed E-state index contributed by atoms with van der Waals surface area (Å²) in [5.41, 5.74) is 2.15. The zero-order valence-electron chi connectivity index (χ0n) is 8.04. The predicted octanol–water partition coefficient (Wildman–Crippen LogP) is 0.507. The van der Waals surface area contributed by atoms with Crippen LogP contribution >= 0.6 is 0 Å². The lowest BCUT2D eigenvalue weighted by molar-refractivity contribution is -0.143. The van der Waals surface area contributed by atoms with Crippen LogP contribution in [0.5, 0.6) is 0 Å². The first-order valence-electron chi connectivity index (χ1n) is 4.72. The van der Waals surface area contributed by atoms with Gasteiger partial charge in [0.25, 0.3) is 0 Å². The monoisotopic (exact) mass is 195 g/mol. The molecule has 1 aliphatic heterocycles. The van der Waals surface area contributed by atoms with Crippen LogP contribution in [0.2, 0.25) is 0 Å². The first-order valence-corrected chi connectivity index (χ1v) is 4.72. The second-order valence-electron chi connectivity index (χ2n) is 3.25. The van der Waals surface area contributed by atoms with E-state index in [9.17, 15) is 4.79 Å². The smallest absolute Gasteiger partial charge is 0.307 e. The van der Waals surface area contributed by atoms with E-state index < -0.39 is 0 Å². The van der Waals surface area contributed by atoms with Crippen LogP contribution in [0, 0.1) is 0 Å². The molecule has 0 bridgehead atoms. The highest BCUT2D eigenvalue weighted by molar-refractivity contribution is 5.70. The molecule has 76 valence electrons. The van der Waals surface area contributed by atoms with Gasteiger partial charge in [-0.2, -0.15) is 5.10 Å². The van der Waals surface area contributed by atoms with Gasteiger partial charge >= 0.3 is 5.97 Å². The minimum Gasteiger partial charge on any atom is -0.466 e. The highest BCUT2D eigenvalue weighted by Gasteiger charge is 2.25. The highest BCUT2D eigenvalue weighted by atomic mass is 16.5. The van der Waals surface area contributed by atoms with Crippen LogP contribution in [-0.2, 0) is 16.1 Å². The van der Waals surface area contributed by atoms with Crippen LogP contribution in [0.15, 0.2) is 6.20 Å². The maximum Gasteiger partial charge on any atom is 0.307 e. The van der Waals surface area contributed by atoms with Gasteiger partial charge in [0.1, 0.15) is 0 Å². The molecular weight excluding hydrogens is 182 g/mol. The number of hydrogen-bond donors (Lipinski definition) is 2. The molecule has 2 N–H and O–H groups in total. The summed E-state index contributed by atoms with van der Waals surface area (Å²) >= 11 is 0. The zero-order chi connectivity index (χ0) is 9.97. The Labute approximate surface area is 81.8 Å². The fourth-order valence-electron chi connectivity index (χ4n) is 1.67. The third kappa shape index (κ3) is 1.63. The molecule has 1 atom stereocenters. The normalized spacial score (nSPS) is 19.4. The molecule has 0 saturated carbocycles. The van der Waals surface area contributed by atoms with Crippen LogP contribution in [0.3, 0.4) is 0 Å². The fourth-order valence-corrected chi connectivity index (χ4v) is 1.67. The number of esters is 1. The van der Waals surface area contributed by atoms with Gasteiger partial charge in [-0.05, 0) is 6.92 Å². The molecule has 1 aromatic rings. The van der Waals surface area contributed by atoms with Crippen molar-refractivity contribution < 1.29 is 9.53 Å². The van der Waals surface area contributed by atoms with Gasteiger partial charge in [0.2, 0.25) is 0 Å². The summed E-state index contributed by atoms with van der Waals surface area (Å²) in [5, 5.41) is 10.0. The highest BCUT2D eigenvalue weighted by Crippen LogP contribution is 2.25. The molecule has 0 fully saturated rings. The average Bonchev–Trinajstić information content (AvgIpc) is 2.70. The van der Waals surface area contributed by atoms with Gasteiger partial charge in [0, 0.05) is 18.2 Å². The van der Waals surface area contributed by atoms with Crippen LogP contribution in [0.25, 0.3) is 0 Å². The molecule has 0 aliphatic carbocycles. The Morgan fingerprint density at radius 1 is 1.79 bits per heavy atom. The molecule has 1 aliphatic rings. The summed E-state index contributed by atoms with van der Waals surface area (Å²) in [7, 11) is 0. The summed E-state index contributed by atoms with van der Waals surface area (Å²) in [6.07, 6.45) is 2.14. The number of carbonyl (C=O) groups excluding carboxylic acids is 1. The van der Waals surface area contributed by atoms with Gasteiger partial charge in [-0.25, -0.2) is 0 Å². The third-order valence-electron chi connectivity index (χ3n) is 2.33. The van der Waals surface area contributed by atoms with E-state index >= 15 is 0 Å². The lowest BCUT2D eigenvalue weighted by Crippen LogP contribution is -2.18. The second kappa shape index (κ2) is 3.79. The Hall–Kier alpha value is -1.36. The van der Waals surface area contributed by atoms with Crippen molar-refractivity contribution >= 4 is 5.97 Å². The number of nitrogens with zero attached hydrogens (tertiary/aromatic N) is 1. The molecule has 0 spiro atoms. The lowest BCUT2D eigenvalue weighted by atomic mass is 10.1. The number of aromatic nitrogens is 2. The molecule has 0 amide bonds. The number of aromatic amines is 1. The van der Waals surface area contributed by atoms with Crippen molar-refractivity contribution in [2.75, 3.05) is 6.61 Å². The van der Waals surface area contributed by atoms with Gasteiger partial charge in [-0.15, -0.1) is 0 Å². The summed E-state index contributed by atoms with van der Waals surface area (Å²) in [6, 6.07) is 0.0581. The summed E-state index contributed by atoms with van der Waals surface area (Å²) in [5.74, 6) is -0.168. The maximum atomic E-state index is 11.2. The van der Waals surface area contributed by atoms with E-state index in [2.05, 4.69) is 15.5 Å². The molecule has 0 aromatic carbocycles. The first-order chi connectivity index (χ1) is 6.81. The topological polar surface area (TPSA) is 67.0 Å². The van der Waals surface area contributed by atoms with Gasteiger partial charge in [0.05, 0.1) is 24.9 Å². The summed E-state index contributed by atoms with van der Waals surface area (Å²) in [4.78, 5) is 11.2. The first kappa shape index (κ1) is 9.21. The van der Waals surface area contributed by atoms with Crippen molar-refractivity contribution in [2.45, 2.75) is 25.9 Å². The van der Waals surface area contributed by atoms with E-state index in [1.165, 1.54) is 0 Å². The fraction of sp³-hybridized carbons (Fsp3) is 0.556. The number of H-pyrrole nitrogens is 1. The van der Waals surface area contributed by atoms with Gasteiger partial charge < -0.3 is 10.1 Å². The Bertz CT molecular complexity index is 335. The van der Waals surface area contributed by atoms with Crippen molar-refractivity contribution in [3.05, 3.63) is 17.5 Å². The molecular formula is C9H13N3O2. The number of nitrogens with one attached hydrogen (secondary N) is 2. The van der Waals surface area contributed by atoms with Gasteiger partial charge in [0.15, 0.2) is 0 Å². The zero-order valence-corrected chi connectivity index (χ0v) is 8.04. The SMILES string of the molecule is CCOC(=O)CC1NCc2[nH]ncc21. The van der Waals surface area contributed by atoms with Crippen molar-refractivity contribution in [3.8, 4) is 0 Å². The number of ether oxygens (including phenoxy) is 1. The van der Waals surface area contributed by atoms with E-state index in [0.29, 0.717) is 13.0 Å². The van der Waals surface area contributed by atoms with Crippen LogP contribution in [0.1, 0.15) is 30.6 Å². The predicted molar refractivity (Wildman–Crippen MR) is 49.4 cm³/mol. The molecule has 1 aromatic heterocycles. The van der Waals surface area contributed by atoms with Crippen molar-refractivity contribution in [2.24, 2.45) is 0 Å². The molecule has 1 unspecified atom stereocenters. The van der Waals surface area contributed by atoms with Gasteiger partial charge in [-0.3, -0.25) is 9.89 Å². The second-order valence-corrected chi connectivity index (χ2v) is 3.25.